The molecule has 1 heterocycles. The summed E-state index contributed by atoms with van der Waals surface area (Å²) in [5.41, 5.74) is 1.42. The maximum absolute atomic E-state index is 4.15. The Morgan fingerprint density at radius 3 is 2.24 bits per heavy atom. The number of hydrogen-bond acceptors (Lipinski definition) is 1. The first kappa shape index (κ1) is 15.0. The molecule has 0 bridgehead atoms. The van der Waals surface area contributed by atoms with E-state index in [1.54, 1.807) is 0 Å². The largest absolute Gasteiger partial charge is 0.303 e. The van der Waals surface area contributed by atoms with Crippen molar-refractivity contribution in [2.75, 3.05) is 19.6 Å². The Morgan fingerprint density at radius 2 is 1.76 bits per heavy atom. The van der Waals surface area contributed by atoms with Gasteiger partial charge in [0.15, 0.2) is 0 Å². The summed E-state index contributed by atoms with van der Waals surface area (Å²) in [4.78, 5) is 2.66. The third-order valence-corrected chi connectivity index (χ3v) is 10.3. The van der Waals surface area contributed by atoms with Crippen LogP contribution >= 0.6 is 0 Å². The van der Waals surface area contributed by atoms with Gasteiger partial charge in [0.2, 0.25) is 0 Å². The molecule has 1 aliphatic heterocycles. The first-order valence-electron chi connectivity index (χ1n) is 7.48. The van der Waals surface area contributed by atoms with Crippen LogP contribution in [0.25, 0.3) is 0 Å². The highest BCUT2D eigenvalue weighted by molar-refractivity contribution is 6.80. The van der Waals surface area contributed by atoms with Crippen LogP contribution in [0.2, 0.25) is 24.2 Å². The molecule has 1 aliphatic rings. The van der Waals surface area contributed by atoms with Gasteiger partial charge in [0.1, 0.15) is 0 Å². The van der Waals surface area contributed by atoms with Gasteiger partial charge in [-0.1, -0.05) is 37.6 Å². The van der Waals surface area contributed by atoms with Crippen molar-refractivity contribution in [2.45, 2.75) is 64.2 Å². The Labute approximate surface area is 109 Å². The van der Waals surface area contributed by atoms with Crippen LogP contribution in [-0.4, -0.2) is 32.6 Å². The number of rotatable bonds is 8. The van der Waals surface area contributed by atoms with Crippen LogP contribution in [0.4, 0.5) is 0 Å². The Hall–Kier alpha value is -0.0831. The van der Waals surface area contributed by atoms with E-state index in [4.69, 9.17) is 0 Å². The molecule has 0 spiro atoms. The molecule has 0 aromatic heterocycles. The highest BCUT2D eigenvalue weighted by atomic mass is 28.3. The Kier molecular flexibility index (Phi) is 6.50. The first-order chi connectivity index (χ1) is 8.12. The van der Waals surface area contributed by atoms with Gasteiger partial charge in [-0.3, -0.25) is 0 Å². The van der Waals surface area contributed by atoms with Gasteiger partial charge in [-0.25, -0.2) is 0 Å². The lowest BCUT2D eigenvalue weighted by molar-refractivity contribution is 0.339. The summed E-state index contributed by atoms with van der Waals surface area (Å²) in [5.74, 6) is 0. The zero-order valence-corrected chi connectivity index (χ0v) is 13.2. The second kappa shape index (κ2) is 7.37. The summed E-state index contributed by atoms with van der Waals surface area (Å²) >= 11 is 0. The van der Waals surface area contributed by atoms with E-state index in [2.05, 4.69) is 32.3 Å². The molecule has 17 heavy (non-hydrogen) atoms. The molecular formula is C15H31NSi. The molecule has 0 aromatic carbocycles. The van der Waals surface area contributed by atoms with Crippen molar-refractivity contribution in [1.29, 1.82) is 0 Å². The number of hydrogen-bond donors (Lipinski definition) is 0. The summed E-state index contributed by atoms with van der Waals surface area (Å²) < 4.78 is 0. The van der Waals surface area contributed by atoms with E-state index in [0.29, 0.717) is 0 Å². The molecule has 0 atom stereocenters. The maximum atomic E-state index is 4.15. The van der Waals surface area contributed by atoms with Crippen LogP contribution < -0.4 is 0 Å². The van der Waals surface area contributed by atoms with Gasteiger partial charge in [0, 0.05) is 0 Å². The van der Waals surface area contributed by atoms with Crippen molar-refractivity contribution < 1.29 is 0 Å². The number of likely N-dealkylation sites (tertiary alicyclic amines) is 1. The second-order valence-corrected chi connectivity index (χ2v) is 11.3. The van der Waals surface area contributed by atoms with Crippen LogP contribution in [0.15, 0.2) is 12.2 Å². The fourth-order valence-electron chi connectivity index (χ4n) is 3.27. The minimum Gasteiger partial charge on any atom is -0.303 e. The Morgan fingerprint density at radius 1 is 1.18 bits per heavy atom. The molecule has 0 aromatic rings. The average molecular weight is 254 g/mol. The van der Waals surface area contributed by atoms with E-state index in [1.165, 1.54) is 68.6 Å². The molecule has 1 fully saturated rings. The third-order valence-electron chi connectivity index (χ3n) is 4.56. The molecule has 1 nitrogen and oxygen atoms in total. The van der Waals surface area contributed by atoms with Crippen LogP contribution in [0.1, 0.15) is 40.0 Å². The van der Waals surface area contributed by atoms with E-state index in [9.17, 15) is 0 Å². The lowest BCUT2D eigenvalue weighted by atomic mass is 10.4. The van der Waals surface area contributed by atoms with Gasteiger partial charge >= 0.3 is 0 Å². The minimum absolute atomic E-state index is 1.00. The standard InChI is InChI=1S/C15H31NSi/c1-5-17(6-2,14-15(3)4)13-9-12-16-10-7-8-11-16/h3,5-14H2,1-2,4H3. The average Bonchev–Trinajstić information content (AvgIpc) is 2.80. The summed E-state index contributed by atoms with van der Waals surface area (Å²) in [6, 6.07) is 5.76. The monoisotopic (exact) mass is 253 g/mol. The highest BCUT2D eigenvalue weighted by Gasteiger charge is 2.28. The summed E-state index contributed by atoms with van der Waals surface area (Å²) in [5, 5.41) is 0. The molecule has 0 amide bonds. The van der Waals surface area contributed by atoms with Crippen LogP contribution in [0.5, 0.6) is 0 Å². The molecule has 0 N–H and O–H groups in total. The minimum atomic E-state index is -1.00. The third kappa shape index (κ3) is 4.97. The normalized spacial score (nSPS) is 17.6. The SMILES string of the molecule is C=C(C)C[Si](CC)(CC)CCCN1CCCC1. The first-order valence-corrected chi connectivity index (χ1v) is 10.3. The lowest BCUT2D eigenvalue weighted by Gasteiger charge is -2.30. The van der Waals surface area contributed by atoms with Crippen LogP contribution in [0.3, 0.4) is 0 Å². The lowest BCUT2D eigenvalue weighted by Crippen LogP contribution is -2.33. The van der Waals surface area contributed by atoms with Crippen LogP contribution in [-0.2, 0) is 0 Å². The number of allylic oxidation sites excluding steroid dienone is 1. The van der Waals surface area contributed by atoms with E-state index in [-0.39, 0.29) is 0 Å². The molecule has 0 saturated carbocycles. The topological polar surface area (TPSA) is 3.24 Å². The van der Waals surface area contributed by atoms with Gasteiger partial charge in [0.25, 0.3) is 0 Å². The van der Waals surface area contributed by atoms with E-state index < -0.39 is 8.07 Å². The second-order valence-electron chi connectivity index (χ2n) is 5.99. The van der Waals surface area contributed by atoms with E-state index in [1.807, 2.05) is 0 Å². The molecule has 100 valence electrons. The highest BCUT2D eigenvalue weighted by Crippen LogP contribution is 2.30. The molecule has 0 radical (unpaired) electrons. The molecule has 0 unspecified atom stereocenters. The summed E-state index contributed by atoms with van der Waals surface area (Å²) in [7, 11) is -1.00. The molecule has 2 heteroatoms. The molecule has 0 aliphatic carbocycles. The van der Waals surface area contributed by atoms with Crippen molar-refractivity contribution in [3.8, 4) is 0 Å². The molecular weight excluding hydrogens is 222 g/mol. The van der Waals surface area contributed by atoms with E-state index in [0.717, 1.165) is 0 Å². The molecule has 1 rings (SSSR count). The molecule has 1 saturated heterocycles. The predicted molar refractivity (Wildman–Crippen MR) is 81.4 cm³/mol. The maximum Gasteiger partial charge on any atom is 0.0570 e. The van der Waals surface area contributed by atoms with Gasteiger partial charge in [-0.05, 0) is 51.9 Å². The van der Waals surface area contributed by atoms with Gasteiger partial charge < -0.3 is 4.90 Å². The van der Waals surface area contributed by atoms with E-state index >= 15 is 0 Å². The Balaban J connectivity index is 2.34. The zero-order valence-electron chi connectivity index (χ0n) is 12.2. The zero-order chi connectivity index (χ0) is 12.7. The Bertz CT molecular complexity index is 227. The summed E-state index contributed by atoms with van der Waals surface area (Å²) in [6.07, 6.45) is 4.28. The van der Waals surface area contributed by atoms with Crippen molar-refractivity contribution in [2.24, 2.45) is 0 Å². The fraction of sp³-hybridized carbons (Fsp3) is 0.867. The fourth-order valence-corrected chi connectivity index (χ4v) is 7.34. The smallest absolute Gasteiger partial charge is 0.0570 e. The van der Waals surface area contributed by atoms with Crippen molar-refractivity contribution in [3.63, 3.8) is 0 Å². The van der Waals surface area contributed by atoms with Crippen molar-refractivity contribution in [3.05, 3.63) is 12.2 Å². The quantitative estimate of drug-likeness (QED) is 0.453. The van der Waals surface area contributed by atoms with Crippen molar-refractivity contribution >= 4 is 8.07 Å². The predicted octanol–water partition coefficient (Wildman–Crippen LogP) is 4.54. The van der Waals surface area contributed by atoms with Crippen molar-refractivity contribution in [1.82, 2.24) is 4.90 Å². The van der Waals surface area contributed by atoms with Gasteiger partial charge in [0.05, 0.1) is 8.07 Å². The van der Waals surface area contributed by atoms with Gasteiger partial charge in [-0.15, -0.1) is 6.58 Å². The number of nitrogens with zero attached hydrogens (tertiary/aromatic N) is 1. The van der Waals surface area contributed by atoms with Gasteiger partial charge in [-0.2, -0.15) is 0 Å². The van der Waals surface area contributed by atoms with Crippen LogP contribution in [0, 0.1) is 0 Å². The summed E-state index contributed by atoms with van der Waals surface area (Å²) in [6.45, 7) is 15.2.